The summed E-state index contributed by atoms with van der Waals surface area (Å²) in [7, 11) is 1.99. The van der Waals surface area contributed by atoms with Crippen LogP contribution in [0.4, 0.5) is 11.8 Å². The average molecular weight is 272 g/mol. The number of nitrogen functional groups attached to an aromatic ring is 1. The highest BCUT2D eigenvalue weighted by Gasteiger charge is 2.24. The molecule has 1 unspecified atom stereocenters. The number of pyridine rings is 1. The van der Waals surface area contributed by atoms with E-state index in [-0.39, 0.29) is 0 Å². The molecule has 0 spiro atoms. The first-order valence-corrected chi connectivity index (χ1v) is 7.05. The molecule has 1 aliphatic rings. The second-order valence-corrected chi connectivity index (χ2v) is 5.19. The Morgan fingerprint density at radius 3 is 3.00 bits per heavy atom. The fraction of sp³-hybridized carbons (Fsp3) is 0.500. The topological polar surface area (TPSA) is 80.0 Å². The molecule has 0 saturated carbocycles. The molecule has 0 bridgehead atoms. The Kier molecular flexibility index (Phi) is 3.40. The Morgan fingerprint density at radius 1 is 1.45 bits per heavy atom. The summed E-state index contributed by atoms with van der Waals surface area (Å²) in [5.74, 6) is 1.17. The van der Waals surface area contributed by atoms with Gasteiger partial charge in [0.15, 0.2) is 5.82 Å². The molecule has 2 aromatic rings. The lowest BCUT2D eigenvalue weighted by Gasteiger charge is -2.19. The lowest BCUT2D eigenvalue weighted by molar-refractivity contribution is 0.616. The van der Waals surface area contributed by atoms with Crippen molar-refractivity contribution in [2.75, 3.05) is 30.8 Å². The number of aryl methyl sites for hydroxylation is 1. The zero-order chi connectivity index (χ0) is 14.1. The van der Waals surface area contributed by atoms with E-state index < -0.39 is 0 Å². The molecule has 6 nitrogen and oxygen atoms in total. The smallest absolute Gasteiger partial charge is 0.222 e. The highest BCUT2D eigenvalue weighted by Crippen LogP contribution is 2.26. The number of fused-ring (bicyclic) bond motifs is 1. The van der Waals surface area contributed by atoms with Crippen LogP contribution in [0.2, 0.25) is 0 Å². The van der Waals surface area contributed by atoms with Gasteiger partial charge in [-0.15, -0.1) is 0 Å². The maximum atomic E-state index is 5.86. The first kappa shape index (κ1) is 13.1. The van der Waals surface area contributed by atoms with Crippen LogP contribution < -0.4 is 16.0 Å². The summed E-state index contributed by atoms with van der Waals surface area (Å²) in [4.78, 5) is 15.5. The number of aromatic nitrogens is 3. The van der Waals surface area contributed by atoms with Crippen LogP contribution >= 0.6 is 0 Å². The number of hydrogen-bond donors (Lipinski definition) is 2. The van der Waals surface area contributed by atoms with E-state index in [9.17, 15) is 0 Å². The SMILES string of the molecule is CCc1cnc2c(N3CCC(NC)C3)nc(N)nc2c1. The Morgan fingerprint density at radius 2 is 2.30 bits per heavy atom. The Hall–Kier alpha value is -1.95. The van der Waals surface area contributed by atoms with Crippen LogP contribution in [0.25, 0.3) is 11.0 Å². The molecule has 3 rings (SSSR count). The molecule has 1 fully saturated rings. The van der Waals surface area contributed by atoms with Crippen LogP contribution in [-0.2, 0) is 6.42 Å². The van der Waals surface area contributed by atoms with Gasteiger partial charge in [0, 0.05) is 25.3 Å². The van der Waals surface area contributed by atoms with Crippen molar-refractivity contribution in [1.29, 1.82) is 0 Å². The molecule has 3 N–H and O–H groups in total. The fourth-order valence-electron chi connectivity index (χ4n) is 2.66. The van der Waals surface area contributed by atoms with Crippen LogP contribution in [0.15, 0.2) is 12.3 Å². The van der Waals surface area contributed by atoms with Gasteiger partial charge in [-0.1, -0.05) is 6.92 Å². The predicted molar refractivity (Wildman–Crippen MR) is 80.8 cm³/mol. The molecule has 0 radical (unpaired) electrons. The number of nitrogens with two attached hydrogens (primary N) is 1. The van der Waals surface area contributed by atoms with Crippen LogP contribution in [0.3, 0.4) is 0 Å². The second kappa shape index (κ2) is 5.20. The third-order valence-electron chi connectivity index (χ3n) is 3.90. The van der Waals surface area contributed by atoms with Gasteiger partial charge in [-0.25, -0.2) is 4.98 Å². The monoisotopic (exact) mass is 272 g/mol. The minimum absolute atomic E-state index is 0.315. The number of rotatable bonds is 3. The minimum Gasteiger partial charge on any atom is -0.368 e. The maximum absolute atomic E-state index is 5.86. The van der Waals surface area contributed by atoms with E-state index in [0.717, 1.165) is 48.3 Å². The molecule has 2 aromatic heterocycles. The van der Waals surface area contributed by atoms with Crippen molar-refractivity contribution in [3.8, 4) is 0 Å². The first-order valence-electron chi connectivity index (χ1n) is 7.05. The summed E-state index contributed by atoms with van der Waals surface area (Å²) >= 11 is 0. The number of nitrogens with zero attached hydrogens (tertiary/aromatic N) is 4. The summed E-state index contributed by atoms with van der Waals surface area (Å²) in [6.07, 6.45) is 3.94. The third-order valence-corrected chi connectivity index (χ3v) is 3.90. The van der Waals surface area contributed by atoms with E-state index in [0.29, 0.717) is 12.0 Å². The van der Waals surface area contributed by atoms with E-state index in [1.54, 1.807) is 0 Å². The molecule has 0 aromatic carbocycles. The Labute approximate surface area is 118 Å². The number of hydrogen-bond acceptors (Lipinski definition) is 6. The lowest BCUT2D eigenvalue weighted by Crippen LogP contribution is -2.30. The molecule has 0 amide bonds. The predicted octanol–water partition coefficient (Wildman–Crippen LogP) is 0.968. The summed E-state index contributed by atoms with van der Waals surface area (Å²) < 4.78 is 0. The quantitative estimate of drug-likeness (QED) is 0.866. The van der Waals surface area contributed by atoms with E-state index >= 15 is 0 Å². The average Bonchev–Trinajstić information content (AvgIpc) is 2.94. The Balaban J connectivity index is 2.06. The van der Waals surface area contributed by atoms with E-state index in [4.69, 9.17) is 5.73 Å². The van der Waals surface area contributed by atoms with Crippen molar-refractivity contribution in [1.82, 2.24) is 20.3 Å². The second-order valence-electron chi connectivity index (χ2n) is 5.19. The van der Waals surface area contributed by atoms with Crippen molar-refractivity contribution < 1.29 is 0 Å². The van der Waals surface area contributed by atoms with Crippen LogP contribution in [-0.4, -0.2) is 41.1 Å². The number of anilines is 2. The van der Waals surface area contributed by atoms with Crippen LogP contribution in [0.1, 0.15) is 18.9 Å². The standard InChI is InChI=1S/C14H20N6/c1-3-9-6-11-12(17-7-9)13(19-14(15)18-11)20-5-4-10(8-20)16-2/h6-7,10,16H,3-5,8H2,1-2H3,(H2,15,18,19). The fourth-order valence-corrected chi connectivity index (χ4v) is 2.66. The minimum atomic E-state index is 0.315. The van der Waals surface area contributed by atoms with Crippen molar-refractivity contribution in [3.63, 3.8) is 0 Å². The van der Waals surface area contributed by atoms with Crippen LogP contribution in [0, 0.1) is 0 Å². The normalized spacial score (nSPS) is 18.9. The van der Waals surface area contributed by atoms with Crippen molar-refractivity contribution in [2.24, 2.45) is 0 Å². The van der Waals surface area contributed by atoms with E-state index in [1.165, 1.54) is 0 Å². The zero-order valence-electron chi connectivity index (χ0n) is 11.9. The van der Waals surface area contributed by atoms with Gasteiger partial charge in [-0.05, 0) is 31.5 Å². The van der Waals surface area contributed by atoms with Gasteiger partial charge in [0.05, 0.1) is 5.52 Å². The number of nitrogens with one attached hydrogen (secondary N) is 1. The van der Waals surface area contributed by atoms with Gasteiger partial charge in [0.25, 0.3) is 0 Å². The van der Waals surface area contributed by atoms with Gasteiger partial charge < -0.3 is 16.0 Å². The molecule has 3 heterocycles. The molecule has 1 aliphatic heterocycles. The molecule has 6 heteroatoms. The van der Waals surface area contributed by atoms with Crippen molar-refractivity contribution in [2.45, 2.75) is 25.8 Å². The zero-order valence-corrected chi connectivity index (χ0v) is 11.9. The van der Waals surface area contributed by atoms with E-state index in [2.05, 4.69) is 38.2 Å². The molecule has 20 heavy (non-hydrogen) atoms. The van der Waals surface area contributed by atoms with Gasteiger partial charge in [0.1, 0.15) is 5.52 Å². The summed E-state index contributed by atoms with van der Waals surface area (Å²) in [6, 6.07) is 2.55. The van der Waals surface area contributed by atoms with Crippen molar-refractivity contribution in [3.05, 3.63) is 17.8 Å². The third kappa shape index (κ3) is 2.27. The summed E-state index contributed by atoms with van der Waals surface area (Å²) in [5, 5.41) is 3.31. The Bertz CT molecular complexity index is 626. The lowest BCUT2D eigenvalue weighted by atomic mass is 10.2. The molecule has 1 atom stereocenters. The van der Waals surface area contributed by atoms with Gasteiger partial charge in [-0.2, -0.15) is 4.98 Å². The van der Waals surface area contributed by atoms with Gasteiger partial charge in [-0.3, -0.25) is 4.98 Å². The highest BCUT2D eigenvalue weighted by molar-refractivity contribution is 5.87. The summed E-state index contributed by atoms with van der Waals surface area (Å²) in [5.41, 5.74) is 8.70. The molecule has 106 valence electrons. The summed E-state index contributed by atoms with van der Waals surface area (Å²) in [6.45, 7) is 4.00. The van der Waals surface area contributed by atoms with Gasteiger partial charge >= 0.3 is 0 Å². The van der Waals surface area contributed by atoms with Crippen molar-refractivity contribution >= 4 is 22.8 Å². The first-order chi connectivity index (χ1) is 9.71. The molecular formula is C14H20N6. The molecule has 1 saturated heterocycles. The largest absolute Gasteiger partial charge is 0.368 e. The van der Waals surface area contributed by atoms with Crippen LogP contribution in [0.5, 0.6) is 0 Å². The van der Waals surface area contributed by atoms with Gasteiger partial charge in [0.2, 0.25) is 5.95 Å². The highest BCUT2D eigenvalue weighted by atomic mass is 15.3. The molecule has 0 aliphatic carbocycles. The molecular weight excluding hydrogens is 252 g/mol. The van der Waals surface area contributed by atoms with E-state index in [1.807, 2.05) is 13.2 Å². The number of likely N-dealkylation sites (N-methyl/N-ethyl adjacent to an activating group) is 1. The maximum Gasteiger partial charge on any atom is 0.222 e.